The van der Waals surface area contributed by atoms with E-state index in [0.29, 0.717) is 19.3 Å². The molecular weight excluding hydrogens is 273 g/mol. The minimum Gasteiger partial charge on any atom is -0.456 e. The lowest BCUT2D eigenvalue weighted by atomic mass is 9.89. The van der Waals surface area contributed by atoms with Crippen LogP contribution in [0.25, 0.3) is 0 Å². The van der Waals surface area contributed by atoms with Gasteiger partial charge >= 0.3 is 12.1 Å². The van der Waals surface area contributed by atoms with Crippen LogP contribution >= 0.6 is 0 Å². The van der Waals surface area contributed by atoms with Gasteiger partial charge < -0.3 is 4.74 Å². The van der Waals surface area contributed by atoms with Crippen molar-refractivity contribution in [3.63, 3.8) is 0 Å². The lowest BCUT2D eigenvalue weighted by Gasteiger charge is -2.16. The quantitative estimate of drug-likeness (QED) is 0.556. The topological polar surface area (TPSA) is 43.4 Å². The fourth-order valence-electron chi connectivity index (χ4n) is 2.39. The number of carbonyl (C=O) groups excluding carboxylic acids is 2. The highest BCUT2D eigenvalue weighted by molar-refractivity contribution is 5.84. The van der Waals surface area contributed by atoms with Crippen molar-refractivity contribution in [2.45, 2.75) is 45.2 Å². The van der Waals surface area contributed by atoms with Gasteiger partial charge in [0.25, 0.3) is 0 Å². The molecule has 0 amide bonds. The average Bonchev–Trinajstić information content (AvgIpc) is 2.68. The first-order chi connectivity index (χ1) is 9.33. The zero-order valence-electron chi connectivity index (χ0n) is 11.4. The smallest absolute Gasteiger partial charge is 0.422 e. The van der Waals surface area contributed by atoms with Crippen LogP contribution < -0.4 is 0 Å². The molecule has 1 fully saturated rings. The highest BCUT2D eigenvalue weighted by Crippen LogP contribution is 2.34. The number of hydrogen-bond acceptors (Lipinski definition) is 3. The molecule has 0 aliphatic heterocycles. The number of Topliss-reactive ketones (excluding diaryl/α,β-unsaturated/α-hetero) is 1. The predicted octanol–water partition coefficient (Wildman–Crippen LogP) is 3.43. The van der Waals surface area contributed by atoms with Gasteiger partial charge in [-0.15, -0.1) is 0 Å². The summed E-state index contributed by atoms with van der Waals surface area (Å²) in [5.74, 6) is -1.27. The Bertz CT molecular complexity index is 374. The molecule has 1 saturated carbocycles. The fourth-order valence-corrected chi connectivity index (χ4v) is 2.39. The summed E-state index contributed by atoms with van der Waals surface area (Å²) in [7, 11) is 0. The number of rotatable bonds is 6. The summed E-state index contributed by atoms with van der Waals surface area (Å²) in [6.07, 6.45) is 1.54. The lowest BCUT2D eigenvalue weighted by molar-refractivity contribution is -0.187. The molecular formula is C14H19F3O3. The third-order valence-corrected chi connectivity index (χ3v) is 3.36. The molecule has 6 heteroatoms. The second kappa shape index (κ2) is 7.45. The van der Waals surface area contributed by atoms with Crippen LogP contribution in [0, 0.1) is 11.8 Å². The summed E-state index contributed by atoms with van der Waals surface area (Å²) in [6, 6.07) is 0. The molecule has 1 aliphatic carbocycles. The van der Waals surface area contributed by atoms with Gasteiger partial charge in [-0.05, 0) is 25.2 Å². The molecule has 0 unspecified atom stereocenters. The van der Waals surface area contributed by atoms with Crippen LogP contribution in [0.5, 0.6) is 0 Å². The van der Waals surface area contributed by atoms with Crippen LogP contribution in [0.4, 0.5) is 13.2 Å². The van der Waals surface area contributed by atoms with Crippen molar-refractivity contribution in [2.24, 2.45) is 11.8 Å². The maximum absolute atomic E-state index is 11.9. The highest BCUT2D eigenvalue weighted by atomic mass is 19.4. The molecule has 0 aromatic heterocycles. The molecule has 3 nitrogen and oxygen atoms in total. The number of hydrogen-bond donors (Lipinski definition) is 0. The molecule has 0 saturated heterocycles. The molecule has 0 aromatic carbocycles. The monoisotopic (exact) mass is 292 g/mol. The van der Waals surface area contributed by atoms with Crippen molar-refractivity contribution in [2.75, 3.05) is 6.61 Å². The van der Waals surface area contributed by atoms with Gasteiger partial charge in [0, 0.05) is 18.8 Å². The minimum atomic E-state index is -4.51. The summed E-state index contributed by atoms with van der Waals surface area (Å²) in [6.45, 7) is 0.409. The molecule has 2 atom stereocenters. The van der Waals surface area contributed by atoms with E-state index in [-0.39, 0.29) is 24.0 Å². The van der Waals surface area contributed by atoms with E-state index < -0.39 is 18.8 Å². The van der Waals surface area contributed by atoms with Crippen LogP contribution in [0.2, 0.25) is 0 Å². The maximum atomic E-state index is 11.9. The summed E-state index contributed by atoms with van der Waals surface area (Å²) >= 11 is 0. The van der Waals surface area contributed by atoms with Gasteiger partial charge in [-0.1, -0.05) is 19.1 Å². The third-order valence-electron chi connectivity index (χ3n) is 3.36. The van der Waals surface area contributed by atoms with Crippen molar-refractivity contribution < 1.29 is 27.5 Å². The first-order valence-electron chi connectivity index (χ1n) is 6.73. The Kier molecular flexibility index (Phi) is 6.23. The number of ketones is 1. The highest BCUT2D eigenvalue weighted by Gasteiger charge is 2.36. The van der Waals surface area contributed by atoms with E-state index >= 15 is 0 Å². The molecule has 0 radical (unpaired) electrons. The fraction of sp³-hybridized carbons (Fsp3) is 0.714. The third kappa shape index (κ3) is 5.75. The Morgan fingerprint density at radius 3 is 2.70 bits per heavy atom. The van der Waals surface area contributed by atoms with Crippen LogP contribution in [-0.4, -0.2) is 24.5 Å². The lowest BCUT2D eigenvalue weighted by Crippen LogP contribution is -2.23. The van der Waals surface area contributed by atoms with E-state index in [9.17, 15) is 22.8 Å². The Morgan fingerprint density at radius 1 is 1.40 bits per heavy atom. The Morgan fingerprint density at radius 2 is 2.10 bits per heavy atom. The van der Waals surface area contributed by atoms with E-state index in [4.69, 9.17) is 0 Å². The largest absolute Gasteiger partial charge is 0.456 e. The Hall–Kier alpha value is -1.33. The molecule has 0 spiro atoms. The first kappa shape index (κ1) is 16.7. The van der Waals surface area contributed by atoms with Crippen molar-refractivity contribution in [1.29, 1.82) is 0 Å². The number of allylic oxidation sites excluding steroid dienone is 2. The van der Waals surface area contributed by atoms with E-state index in [1.54, 1.807) is 0 Å². The Labute approximate surface area is 116 Å². The maximum Gasteiger partial charge on any atom is 0.422 e. The second-order valence-electron chi connectivity index (χ2n) is 4.97. The van der Waals surface area contributed by atoms with Crippen LogP contribution in [-0.2, 0) is 14.3 Å². The van der Waals surface area contributed by atoms with Gasteiger partial charge in [-0.25, -0.2) is 0 Å². The van der Waals surface area contributed by atoms with E-state index in [1.165, 1.54) is 0 Å². The average molecular weight is 292 g/mol. The zero-order valence-corrected chi connectivity index (χ0v) is 11.4. The number of esters is 1. The standard InChI is InChI=1S/C14H19F3O3/c1-2-3-4-5-11-10(6-7-12(11)18)8-13(19)20-9-14(15,16)17/h3-4,10-11H,2,5-9H2,1H3/b4-3-/t10-,11-/m1/s1. The van der Waals surface area contributed by atoms with Gasteiger partial charge in [0.1, 0.15) is 5.78 Å². The van der Waals surface area contributed by atoms with Crippen molar-refractivity contribution in [3.8, 4) is 0 Å². The minimum absolute atomic E-state index is 0.0828. The summed E-state index contributed by atoms with van der Waals surface area (Å²) in [5.41, 5.74) is 0. The van der Waals surface area contributed by atoms with E-state index in [0.717, 1.165) is 6.42 Å². The van der Waals surface area contributed by atoms with Gasteiger partial charge in [0.2, 0.25) is 0 Å². The molecule has 0 aromatic rings. The molecule has 1 aliphatic rings. The molecule has 114 valence electrons. The van der Waals surface area contributed by atoms with Gasteiger partial charge in [0.05, 0.1) is 0 Å². The predicted molar refractivity (Wildman–Crippen MR) is 66.9 cm³/mol. The Balaban J connectivity index is 2.46. The van der Waals surface area contributed by atoms with Gasteiger partial charge in [0.15, 0.2) is 6.61 Å². The number of ether oxygens (including phenoxy) is 1. The molecule has 0 heterocycles. The van der Waals surface area contributed by atoms with Gasteiger partial charge in [-0.2, -0.15) is 13.2 Å². The molecule has 1 rings (SSSR count). The SMILES string of the molecule is CC/C=C\C[C@H]1C(=O)CC[C@@H]1CC(=O)OCC(F)(F)F. The summed E-state index contributed by atoms with van der Waals surface area (Å²) < 4.78 is 40.0. The molecule has 20 heavy (non-hydrogen) atoms. The summed E-state index contributed by atoms with van der Waals surface area (Å²) in [4.78, 5) is 23.1. The first-order valence-corrected chi connectivity index (χ1v) is 6.73. The summed E-state index contributed by atoms with van der Waals surface area (Å²) in [5, 5.41) is 0. The van der Waals surface area contributed by atoms with E-state index in [1.807, 2.05) is 19.1 Å². The second-order valence-corrected chi connectivity index (χ2v) is 4.97. The van der Waals surface area contributed by atoms with E-state index in [2.05, 4.69) is 4.74 Å². The van der Waals surface area contributed by atoms with Crippen LogP contribution in [0.3, 0.4) is 0 Å². The normalized spacial score (nSPS) is 23.5. The van der Waals surface area contributed by atoms with Gasteiger partial charge in [-0.3, -0.25) is 9.59 Å². The van der Waals surface area contributed by atoms with Crippen molar-refractivity contribution in [3.05, 3.63) is 12.2 Å². The van der Waals surface area contributed by atoms with Crippen molar-refractivity contribution >= 4 is 11.8 Å². The molecule has 0 N–H and O–H groups in total. The van der Waals surface area contributed by atoms with Crippen LogP contribution in [0.1, 0.15) is 39.0 Å². The van der Waals surface area contributed by atoms with Crippen LogP contribution in [0.15, 0.2) is 12.2 Å². The van der Waals surface area contributed by atoms with Crippen molar-refractivity contribution in [1.82, 2.24) is 0 Å². The molecule has 0 bridgehead atoms. The number of carbonyl (C=O) groups is 2. The number of halogens is 3. The zero-order chi connectivity index (χ0) is 15.2. The number of alkyl halides is 3.